The quantitative estimate of drug-likeness (QED) is 0.853. The predicted molar refractivity (Wildman–Crippen MR) is 88.5 cm³/mol. The first-order valence-electron chi connectivity index (χ1n) is 7.91. The fourth-order valence-corrected chi connectivity index (χ4v) is 2.85. The van der Waals surface area contributed by atoms with Crippen LogP contribution in [0, 0.1) is 0 Å². The van der Waals surface area contributed by atoms with Gasteiger partial charge in [-0.3, -0.25) is 4.79 Å². The Morgan fingerprint density at radius 1 is 1.48 bits per heavy atom. The summed E-state index contributed by atoms with van der Waals surface area (Å²) in [5.41, 5.74) is 3.87. The number of nitrogens with one attached hydrogen (secondary N) is 2. The van der Waals surface area contributed by atoms with Crippen molar-refractivity contribution >= 4 is 11.6 Å². The number of amides is 1. The smallest absolute Gasteiger partial charge is 0.253 e. The summed E-state index contributed by atoms with van der Waals surface area (Å²) in [4.78, 5) is 16.7. The van der Waals surface area contributed by atoms with Crippen LogP contribution in [0.2, 0.25) is 0 Å². The molecule has 0 saturated heterocycles. The molecule has 1 amide bonds. The normalized spacial score (nSPS) is 13.3. The molecule has 0 atom stereocenters. The second-order valence-electron chi connectivity index (χ2n) is 5.62. The minimum atomic E-state index is -0.0595. The Labute approximate surface area is 135 Å². The minimum Gasteiger partial charge on any atom is -0.384 e. The van der Waals surface area contributed by atoms with Crippen LogP contribution >= 0.6 is 0 Å². The third-order valence-electron chi connectivity index (χ3n) is 4.08. The summed E-state index contributed by atoms with van der Waals surface area (Å²) in [5, 5.41) is 6.34. The van der Waals surface area contributed by atoms with Gasteiger partial charge in [0.25, 0.3) is 5.91 Å². The highest BCUT2D eigenvalue weighted by Gasteiger charge is 2.17. The van der Waals surface area contributed by atoms with Crippen molar-refractivity contribution in [1.29, 1.82) is 0 Å². The van der Waals surface area contributed by atoms with Crippen LogP contribution in [-0.2, 0) is 24.2 Å². The van der Waals surface area contributed by atoms with E-state index in [1.165, 1.54) is 5.56 Å². The van der Waals surface area contributed by atoms with Crippen molar-refractivity contribution in [1.82, 2.24) is 14.9 Å². The number of ether oxygens (including phenoxy) is 1. The fraction of sp³-hybridized carbons (Fsp3) is 0.412. The van der Waals surface area contributed by atoms with E-state index in [2.05, 4.69) is 21.7 Å². The molecule has 1 aliphatic rings. The van der Waals surface area contributed by atoms with E-state index >= 15 is 0 Å². The topological polar surface area (TPSA) is 68.2 Å². The molecule has 1 aromatic carbocycles. The van der Waals surface area contributed by atoms with Crippen LogP contribution in [0.25, 0.3) is 0 Å². The van der Waals surface area contributed by atoms with Gasteiger partial charge in [0, 0.05) is 26.4 Å². The standard InChI is InChI=1S/C17H22N4O2/c1-23-9-8-21-12-18-10-14(21)11-20-17(22)15-6-2-4-13-5-3-7-19-16(13)15/h2,4,6,10,12,19H,3,5,7-9,11H2,1H3,(H,20,22). The van der Waals surface area contributed by atoms with Crippen LogP contribution < -0.4 is 10.6 Å². The number of carbonyl (C=O) groups excluding carboxylic acids is 1. The second-order valence-corrected chi connectivity index (χ2v) is 5.62. The van der Waals surface area contributed by atoms with Gasteiger partial charge in [0.2, 0.25) is 0 Å². The van der Waals surface area contributed by atoms with E-state index in [1.807, 2.05) is 16.7 Å². The Morgan fingerprint density at radius 3 is 3.26 bits per heavy atom. The highest BCUT2D eigenvalue weighted by atomic mass is 16.5. The summed E-state index contributed by atoms with van der Waals surface area (Å²) in [6, 6.07) is 5.90. The molecule has 0 bridgehead atoms. The monoisotopic (exact) mass is 314 g/mol. The van der Waals surface area contributed by atoms with Crippen molar-refractivity contribution in [2.24, 2.45) is 0 Å². The lowest BCUT2D eigenvalue weighted by Gasteiger charge is -2.20. The van der Waals surface area contributed by atoms with Crippen LogP contribution in [0.3, 0.4) is 0 Å². The summed E-state index contributed by atoms with van der Waals surface area (Å²) < 4.78 is 7.07. The molecule has 3 rings (SSSR count). The van der Waals surface area contributed by atoms with E-state index in [-0.39, 0.29) is 5.91 Å². The van der Waals surface area contributed by atoms with Crippen LogP contribution in [-0.4, -0.2) is 35.7 Å². The van der Waals surface area contributed by atoms with E-state index in [0.717, 1.165) is 37.3 Å². The van der Waals surface area contributed by atoms with Crippen LogP contribution in [0.5, 0.6) is 0 Å². The molecular weight excluding hydrogens is 292 g/mol. The average molecular weight is 314 g/mol. The van der Waals surface area contributed by atoms with Crippen molar-refractivity contribution in [3.8, 4) is 0 Å². The maximum absolute atomic E-state index is 12.5. The molecule has 0 radical (unpaired) electrons. The van der Waals surface area contributed by atoms with Gasteiger partial charge in [0.1, 0.15) is 0 Å². The zero-order valence-corrected chi connectivity index (χ0v) is 13.3. The molecule has 0 aliphatic carbocycles. The molecule has 23 heavy (non-hydrogen) atoms. The minimum absolute atomic E-state index is 0.0595. The van der Waals surface area contributed by atoms with Gasteiger partial charge in [-0.05, 0) is 24.5 Å². The molecule has 6 heteroatoms. The Balaban J connectivity index is 1.67. The van der Waals surface area contributed by atoms with Crippen molar-refractivity contribution in [3.05, 3.63) is 47.5 Å². The highest BCUT2D eigenvalue weighted by molar-refractivity contribution is 6.00. The summed E-state index contributed by atoms with van der Waals surface area (Å²) in [6.45, 7) is 2.71. The SMILES string of the molecule is COCCn1cncc1CNC(=O)c1cccc2c1NCCC2. The summed E-state index contributed by atoms with van der Waals surface area (Å²) in [5.74, 6) is -0.0595. The molecule has 2 N–H and O–H groups in total. The van der Waals surface area contributed by atoms with Crippen molar-refractivity contribution in [2.45, 2.75) is 25.9 Å². The zero-order valence-electron chi connectivity index (χ0n) is 13.3. The third-order valence-corrected chi connectivity index (χ3v) is 4.08. The number of rotatable bonds is 6. The molecular formula is C17H22N4O2. The van der Waals surface area contributed by atoms with Crippen LogP contribution in [0.15, 0.2) is 30.7 Å². The number of aryl methyl sites for hydroxylation is 1. The highest BCUT2D eigenvalue weighted by Crippen LogP contribution is 2.25. The first kappa shape index (κ1) is 15.6. The Bertz CT molecular complexity index is 681. The van der Waals surface area contributed by atoms with E-state index < -0.39 is 0 Å². The molecule has 0 saturated carbocycles. The number of anilines is 1. The Hall–Kier alpha value is -2.34. The van der Waals surface area contributed by atoms with E-state index in [9.17, 15) is 4.79 Å². The van der Waals surface area contributed by atoms with Gasteiger partial charge < -0.3 is 19.9 Å². The van der Waals surface area contributed by atoms with Crippen LogP contribution in [0.1, 0.15) is 28.0 Å². The zero-order chi connectivity index (χ0) is 16.1. The number of imidazole rings is 1. The number of nitrogens with zero attached hydrogens (tertiary/aromatic N) is 2. The molecule has 1 aromatic heterocycles. The van der Waals surface area contributed by atoms with E-state index in [0.29, 0.717) is 18.7 Å². The van der Waals surface area contributed by atoms with Gasteiger partial charge in [0.05, 0.1) is 36.4 Å². The Morgan fingerprint density at radius 2 is 2.39 bits per heavy atom. The fourth-order valence-electron chi connectivity index (χ4n) is 2.85. The maximum atomic E-state index is 12.5. The number of para-hydroxylation sites is 1. The lowest BCUT2D eigenvalue weighted by Crippen LogP contribution is -2.26. The molecule has 0 unspecified atom stereocenters. The van der Waals surface area contributed by atoms with Gasteiger partial charge in [-0.1, -0.05) is 12.1 Å². The molecule has 2 aromatic rings. The van der Waals surface area contributed by atoms with E-state index in [4.69, 9.17) is 4.74 Å². The second kappa shape index (κ2) is 7.28. The lowest BCUT2D eigenvalue weighted by atomic mass is 9.99. The van der Waals surface area contributed by atoms with Gasteiger partial charge in [-0.25, -0.2) is 4.98 Å². The molecule has 0 spiro atoms. The van der Waals surface area contributed by atoms with Crippen molar-refractivity contribution in [3.63, 3.8) is 0 Å². The summed E-state index contributed by atoms with van der Waals surface area (Å²) in [7, 11) is 1.67. The number of fused-ring (bicyclic) bond motifs is 1. The molecule has 122 valence electrons. The maximum Gasteiger partial charge on any atom is 0.253 e. The number of methoxy groups -OCH3 is 1. The number of hydrogen-bond donors (Lipinski definition) is 2. The lowest BCUT2D eigenvalue weighted by molar-refractivity contribution is 0.0950. The van der Waals surface area contributed by atoms with Gasteiger partial charge >= 0.3 is 0 Å². The average Bonchev–Trinajstić information content (AvgIpc) is 3.04. The van der Waals surface area contributed by atoms with Gasteiger partial charge in [-0.2, -0.15) is 0 Å². The van der Waals surface area contributed by atoms with Crippen molar-refractivity contribution < 1.29 is 9.53 Å². The first-order valence-corrected chi connectivity index (χ1v) is 7.91. The number of aromatic nitrogens is 2. The van der Waals surface area contributed by atoms with Gasteiger partial charge in [0.15, 0.2) is 0 Å². The third kappa shape index (κ3) is 3.53. The number of hydrogen-bond acceptors (Lipinski definition) is 4. The first-order chi connectivity index (χ1) is 11.3. The molecule has 2 heterocycles. The largest absolute Gasteiger partial charge is 0.384 e. The van der Waals surface area contributed by atoms with Gasteiger partial charge in [-0.15, -0.1) is 0 Å². The Kier molecular flexibility index (Phi) is 4.92. The molecule has 0 fully saturated rings. The van der Waals surface area contributed by atoms with Crippen molar-refractivity contribution in [2.75, 3.05) is 25.6 Å². The van der Waals surface area contributed by atoms with Crippen LogP contribution in [0.4, 0.5) is 5.69 Å². The van der Waals surface area contributed by atoms with E-state index in [1.54, 1.807) is 19.6 Å². The molecule has 1 aliphatic heterocycles. The number of carbonyl (C=O) groups is 1. The molecule has 6 nitrogen and oxygen atoms in total. The number of benzene rings is 1. The summed E-state index contributed by atoms with van der Waals surface area (Å²) >= 11 is 0. The summed E-state index contributed by atoms with van der Waals surface area (Å²) in [6.07, 6.45) is 5.66. The predicted octanol–water partition coefficient (Wildman–Crippen LogP) is 1.82.